The van der Waals surface area contributed by atoms with Crippen LogP contribution in [0, 0.1) is 0 Å². The van der Waals surface area contributed by atoms with Crippen molar-refractivity contribution >= 4 is 11.7 Å². The average molecular weight is 169 g/mol. The Morgan fingerprint density at radius 2 is 1.92 bits per heavy atom. The first-order valence-corrected chi connectivity index (χ1v) is 4.32. The van der Waals surface area contributed by atoms with E-state index >= 15 is 0 Å². The molecule has 1 amide bonds. The highest BCUT2D eigenvalue weighted by molar-refractivity contribution is 5.84. The van der Waals surface area contributed by atoms with Crippen molar-refractivity contribution in [1.82, 2.24) is 5.32 Å². The summed E-state index contributed by atoms with van der Waals surface area (Å²) in [7, 11) is 0. The Morgan fingerprint density at radius 1 is 1.33 bits per heavy atom. The van der Waals surface area contributed by atoms with E-state index in [1.807, 2.05) is 6.92 Å². The predicted molar refractivity (Wildman–Crippen MR) is 45.7 cm³/mol. The minimum Gasteiger partial charge on any atom is -0.351 e. The zero-order valence-electron chi connectivity index (χ0n) is 7.64. The molecule has 0 spiro atoms. The lowest BCUT2D eigenvalue weighted by molar-refractivity contribution is -0.125. The summed E-state index contributed by atoms with van der Waals surface area (Å²) < 4.78 is 0. The number of ketones is 1. The van der Waals surface area contributed by atoms with Crippen LogP contribution in [-0.2, 0) is 9.59 Å². The summed E-state index contributed by atoms with van der Waals surface area (Å²) in [5.74, 6) is 0.0799. The van der Waals surface area contributed by atoms with Crippen molar-refractivity contribution in [2.24, 2.45) is 0 Å². The molecule has 68 valence electrons. The molecule has 0 saturated heterocycles. The predicted octanol–water partition coefficient (Wildman–Crippen LogP) is 1.02. The molecule has 1 rings (SSSR count). The van der Waals surface area contributed by atoms with Gasteiger partial charge in [0.05, 0.1) is 0 Å². The van der Waals surface area contributed by atoms with Crippen molar-refractivity contribution in [1.29, 1.82) is 0 Å². The van der Waals surface area contributed by atoms with E-state index in [1.165, 1.54) is 6.92 Å². The maximum atomic E-state index is 11.1. The van der Waals surface area contributed by atoms with Crippen LogP contribution in [0.4, 0.5) is 0 Å². The largest absolute Gasteiger partial charge is 0.351 e. The molecule has 1 N–H and O–H groups in total. The number of amides is 1. The van der Waals surface area contributed by atoms with E-state index in [0.29, 0.717) is 12.8 Å². The first-order valence-electron chi connectivity index (χ1n) is 4.32. The average Bonchev–Trinajstić information content (AvgIpc) is 2.64. The Morgan fingerprint density at radius 3 is 2.33 bits per heavy atom. The molecule has 0 unspecified atom stereocenters. The second kappa shape index (κ2) is 3.25. The lowest BCUT2D eigenvalue weighted by Crippen LogP contribution is -2.34. The van der Waals surface area contributed by atoms with Crippen molar-refractivity contribution in [3.8, 4) is 0 Å². The van der Waals surface area contributed by atoms with Crippen molar-refractivity contribution < 1.29 is 9.59 Å². The fraction of sp³-hybridized carbons (Fsp3) is 0.778. The number of rotatable bonds is 4. The van der Waals surface area contributed by atoms with Gasteiger partial charge >= 0.3 is 0 Å². The SMILES string of the molecule is CC(=O)CCC(=O)NC1(C)CC1. The Labute approximate surface area is 72.5 Å². The molecule has 0 aromatic carbocycles. The highest BCUT2D eigenvalue weighted by atomic mass is 16.2. The molecule has 1 aliphatic carbocycles. The maximum absolute atomic E-state index is 11.1. The minimum absolute atomic E-state index is 0.00481. The van der Waals surface area contributed by atoms with Gasteiger partial charge in [-0.25, -0.2) is 0 Å². The van der Waals surface area contributed by atoms with Crippen molar-refractivity contribution in [2.45, 2.75) is 45.1 Å². The van der Waals surface area contributed by atoms with E-state index < -0.39 is 0 Å². The van der Waals surface area contributed by atoms with E-state index in [2.05, 4.69) is 5.32 Å². The molecule has 1 saturated carbocycles. The van der Waals surface area contributed by atoms with E-state index in [4.69, 9.17) is 0 Å². The zero-order chi connectivity index (χ0) is 9.19. The van der Waals surface area contributed by atoms with E-state index in [-0.39, 0.29) is 17.2 Å². The van der Waals surface area contributed by atoms with Crippen LogP contribution < -0.4 is 5.32 Å². The quantitative estimate of drug-likeness (QED) is 0.683. The van der Waals surface area contributed by atoms with Gasteiger partial charge in [0.2, 0.25) is 5.91 Å². The number of carbonyl (C=O) groups is 2. The number of carbonyl (C=O) groups excluding carboxylic acids is 2. The lowest BCUT2D eigenvalue weighted by Gasteiger charge is -2.10. The standard InChI is InChI=1S/C9H15NO2/c1-7(11)3-4-8(12)10-9(2)5-6-9/h3-6H2,1-2H3,(H,10,12). The third-order valence-corrected chi connectivity index (χ3v) is 2.15. The number of Topliss-reactive ketones (excluding diaryl/α,β-unsaturated/α-hetero) is 1. The van der Waals surface area contributed by atoms with Gasteiger partial charge < -0.3 is 10.1 Å². The van der Waals surface area contributed by atoms with Crippen LogP contribution in [0.5, 0.6) is 0 Å². The molecule has 3 heteroatoms. The van der Waals surface area contributed by atoms with Crippen LogP contribution in [0.15, 0.2) is 0 Å². The fourth-order valence-corrected chi connectivity index (χ4v) is 1.00. The summed E-state index contributed by atoms with van der Waals surface area (Å²) >= 11 is 0. The molecule has 0 bridgehead atoms. The molecular weight excluding hydrogens is 154 g/mol. The fourth-order valence-electron chi connectivity index (χ4n) is 1.00. The van der Waals surface area contributed by atoms with Crippen LogP contribution in [0.1, 0.15) is 39.5 Å². The van der Waals surface area contributed by atoms with Gasteiger partial charge in [-0.1, -0.05) is 0 Å². The van der Waals surface area contributed by atoms with Gasteiger partial charge in [0.15, 0.2) is 0 Å². The third kappa shape index (κ3) is 3.03. The molecule has 0 atom stereocenters. The van der Waals surface area contributed by atoms with Crippen molar-refractivity contribution in [3.63, 3.8) is 0 Å². The second-order valence-corrected chi connectivity index (χ2v) is 3.81. The van der Waals surface area contributed by atoms with Crippen LogP contribution in [0.25, 0.3) is 0 Å². The van der Waals surface area contributed by atoms with Crippen molar-refractivity contribution in [2.75, 3.05) is 0 Å². The molecular formula is C9H15NO2. The van der Waals surface area contributed by atoms with Gasteiger partial charge in [-0.3, -0.25) is 4.79 Å². The topological polar surface area (TPSA) is 46.2 Å². The van der Waals surface area contributed by atoms with Crippen LogP contribution in [-0.4, -0.2) is 17.2 Å². The summed E-state index contributed by atoms with van der Waals surface area (Å²) in [5.41, 5.74) is 0.0495. The van der Waals surface area contributed by atoms with E-state index in [0.717, 1.165) is 12.8 Å². The van der Waals surface area contributed by atoms with Gasteiger partial charge in [-0.05, 0) is 26.7 Å². The van der Waals surface area contributed by atoms with Gasteiger partial charge in [0.25, 0.3) is 0 Å². The molecule has 0 aliphatic heterocycles. The van der Waals surface area contributed by atoms with Crippen molar-refractivity contribution in [3.05, 3.63) is 0 Å². The first-order chi connectivity index (χ1) is 5.52. The molecule has 0 aromatic heterocycles. The molecule has 0 aromatic rings. The van der Waals surface area contributed by atoms with Gasteiger partial charge in [0.1, 0.15) is 5.78 Å². The zero-order valence-corrected chi connectivity index (χ0v) is 7.64. The molecule has 3 nitrogen and oxygen atoms in total. The van der Waals surface area contributed by atoms with Gasteiger partial charge in [-0.2, -0.15) is 0 Å². The lowest BCUT2D eigenvalue weighted by atomic mass is 10.2. The first kappa shape index (κ1) is 9.23. The molecule has 0 heterocycles. The molecule has 12 heavy (non-hydrogen) atoms. The maximum Gasteiger partial charge on any atom is 0.220 e. The van der Waals surface area contributed by atoms with Gasteiger partial charge in [0, 0.05) is 18.4 Å². The summed E-state index contributed by atoms with van der Waals surface area (Å²) in [6.45, 7) is 3.53. The van der Waals surface area contributed by atoms with Crippen LogP contribution >= 0.6 is 0 Å². The monoisotopic (exact) mass is 169 g/mol. The Balaban J connectivity index is 2.16. The summed E-state index contributed by atoms with van der Waals surface area (Å²) in [6, 6.07) is 0. The number of nitrogens with one attached hydrogen (secondary N) is 1. The Kier molecular flexibility index (Phi) is 2.50. The smallest absolute Gasteiger partial charge is 0.220 e. The van der Waals surface area contributed by atoms with E-state index in [9.17, 15) is 9.59 Å². The highest BCUT2D eigenvalue weighted by Crippen LogP contribution is 2.34. The van der Waals surface area contributed by atoms with Crippen LogP contribution in [0.2, 0.25) is 0 Å². The van der Waals surface area contributed by atoms with Gasteiger partial charge in [-0.15, -0.1) is 0 Å². The summed E-state index contributed by atoms with van der Waals surface area (Å²) in [4.78, 5) is 21.7. The third-order valence-electron chi connectivity index (χ3n) is 2.15. The molecule has 1 fully saturated rings. The van der Waals surface area contributed by atoms with Crippen LogP contribution in [0.3, 0.4) is 0 Å². The van der Waals surface area contributed by atoms with E-state index in [1.54, 1.807) is 0 Å². The normalized spacial score (nSPS) is 18.5. The molecule has 1 aliphatic rings. The minimum atomic E-state index is 0.00481. The Hall–Kier alpha value is -0.860. The second-order valence-electron chi connectivity index (χ2n) is 3.81. The number of hydrogen-bond acceptors (Lipinski definition) is 2. The number of hydrogen-bond donors (Lipinski definition) is 1. The highest BCUT2D eigenvalue weighted by Gasteiger charge is 2.38. The molecule has 0 radical (unpaired) electrons. The Bertz CT molecular complexity index is 207. The summed E-state index contributed by atoms with van der Waals surface area (Å²) in [6.07, 6.45) is 2.84. The summed E-state index contributed by atoms with van der Waals surface area (Å²) in [5, 5.41) is 2.89.